The zero-order chi connectivity index (χ0) is 26.3. The number of carbonyl (C=O) groups is 1. The highest BCUT2D eigenvalue weighted by molar-refractivity contribution is 5.76. The molecule has 4 heterocycles. The molecule has 202 valence electrons. The Labute approximate surface area is 225 Å². The van der Waals surface area contributed by atoms with Crippen molar-refractivity contribution in [1.29, 1.82) is 5.26 Å². The molecule has 8 heteroatoms. The SMILES string of the molecule is N#Cc1ccc([C@@H](C(=O)O)N2CCC(OCCCCc3ccc4c(n3)NCCC4)C2)c(C2CCCCO2)c1. The fourth-order valence-corrected chi connectivity index (χ4v) is 5.93. The van der Waals surface area contributed by atoms with Gasteiger partial charge >= 0.3 is 5.97 Å². The smallest absolute Gasteiger partial charge is 0.325 e. The van der Waals surface area contributed by atoms with E-state index < -0.39 is 12.0 Å². The summed E-state index contributed by atoms with van der Waals surface area (Å²) >= 11 is 0. The maximum atomic E-state index is 12.5. The number of fused-ring (bicyclic) bond motifs is 1. The maximum Gasteiger partial charge on any atom is 0.325 e. The van der Waals surface area contributed by atoms with Crippen LogP contribution in [0.4, 0.5) is 5.82 Å². The quantitative estimate of drug-likeness (QED) is 0.432. The standard InChI is InChI=1S/C30H38N4O4/c31-19-21-9-12-25(26(18-21)27-8-2-4-17-38-27)28(30(35)36)34-15-13-24(20-34)37-16-3-1-7-23-11-10-22-6-5-14-32-29(22)33-23/h9-12,18,24,27-28H,1-8,13-17,20H2,(H,32,33)(H,35,36)/t24?,27?,28-/m0/s1. The van der Waals surface area contributed by atoms with E-state index in [9.17, 15) is 15.2 Å². The molecule has 8 nitrogen and oxygen atoms in total. The summed E-state index contributed by atoms with van der Waals surface area (Å²) in [5.74, 6) is 0.170. The number of carboxylic acid groups (broad SMARTS) is 1. The molecule has 3 aliphatic rings. The van der Waals surface area contributed by atoms with E-state index in [1.165, 1.54) is 12.0 Å². The van der Waals surface area contributed by atoms with Crippen LogP contribution in [0.1, 0.15) is 85.0 Å². The summed E-state index contributed by atoms with van der Waals surface area (Å²) in [4.78, 5) is 19.3. The molecule has 0 radical (unpaired) electrons. The van der Waals surface area contributed by atoms with Crippen molar-refractivity contribution in [3.05, 3.63) is 58.3 Å². The largest absolute Gasteiger partial charge is 0.480 e. The van der Waals surface area contributed by atoms with Crippen molar-refractivity contribution >= 4 is 11.8 Å². The minimum Gasteiger partial charge on any atom is -0.480 e. The number of aromatic nitrogens is 1. The van der Waals surface area contributed by atoms with E-state index in [4.69, 9.17) is 14.5 Å². The number of hydrogen-bond acceptors (Lipinski definition) is 7. The van der Waals surface area contributed by atoms with Gasteiger partial charge in [0.05, 0.1) is 23.8 Å². The van der Waals surface area contributed by atoms with E-state index in [1.54, 1.807) is 6.07 Å². The molecule has 1 aromatic heterocycles. The highest BCUT2D eigenvalue weighted by Gasteiger charge is 2.36. The van der Waals surface area contributed by atoms with Crippen molar-refractivity contribution in [2.24, 2.45) is 0 Å². The summed E-state index contributed by atoms with van der Waals surface area (Å²) in [5, 5.41) is 23.1. The zero-order valence-electron chi connectivity index (χ0n) is 22.0. The van der Waals surface area contributed by atoms with Gasteiger partial charge in [-0.05, 0) is 92.7 Å². The van der Waals surface area contributed by atoms with Gasteiger partial charge in [-0.15, -0.1) is 0 Å². The van der Waals surface area contributed by atoms with Gasteiger partial charge < -0.3 is 19.9 Å². The minimum absolute atomic E-state index is 0.0238. The van der Waals surface area contributed by atoms with Crippen LogP contribution in [0.15, 0.2) is 30.3 Å². The predicted octanol–water partition coefficient (Wildman–Crippen LogP) is 4.79. The van der Waals surface area contributed by atoms with Crippen molar-refractivity contribution in [2.45, 2.75) is 76.0 Å². The molecule has 3 aliphatic heterocycles. The molecule has 0 aliphatic carbocycles. The molecule has 2 aromatic rings. The fourth-order valence-electron chi connectivity index (χ4n) is 5.93. The number of likely N-dealkylation sites (tertiary alicyclic amines) is 1. The average molecular weight is 519 g/mol. The number of unbranched alkanes of at least 4 members (excludes halogenated alkanes) is 1. The van der Waals surface area contributed by atoms with Crippen molar-refractivity contribution in [1.82, 2.24) is 9.88 Å². The van der Waals surface area contributed by atoms with Crippen molar-refractivity contribution in [2.75, 3.05) is 38.2 Å². The summed E-state index contributed by atoms with van der Waals surface area (Å²) in [6.07, 6.45) is 8.73. The molecule has 0 saturated carbocycles. The molecule has 2 N–H and O–H groups in total. The Bertz CT molecular complexity index is 1160. The van der Waals surface area contributed by atoms with Gasteiger partial charge in [0.2, 0.25) is 0 Å². The molecule has 2 saturated heterocycles. The summed E-state index contributed by atoms with van der Waals surface area (Å²) < 4.78 is 12.2. The number of pyridine rings is 1. The Balaban J connectivity index is 1.15. The van der Waals surface area contributed by atoms with Gasteiger partial charge in [0.1, 0.15) is 11.9 Å². The molecular formula is C30H38N4O4. The molecule has 3 atom stereocenters. The summed E-state index contributed by atoms with van der Waals surface area (Å²) in [7, 11) is 0. The normalized spacial score (nSPS) is 22.3. The van der Waals surface area contributed by atoms with Gasteiger partial charge in [-0.2, -0.15) is 5.26 Å². The molecule has 0 amide bonds. The van der Waals surface area contributed by atoms with Gasteiger partial charge in [-0.1, -0.05) is 12.1 Å². The number of anilines is 1. The number of aryl methyl sites for hydroxylation is 2. The van der Waals surface area contributed by atoms with Crippen LogP contribution in [-0.2, 0) is 27.1 Å². The van der Waals surface area contributed by atoms with E-state index in [0.717, 1.165) is 80.6 Å². The number of nitrogens with one attached hydrogen (secondary N) is 1. The van der Waals surface area contributed by atoms with Crippen LogP contribution in [0.2, 0.25) is 0 Å². The number of hydrogen-bond donors (Lipinski definition) is 2. The maximum absolute atomic E-state index is 12.5. The van der Waals surface area contributed by atoms with E-state index in [0.29, 0.717) is 31.9 Å². The average Bonchev–Trinajstić information content (AvgIpc) is 3.41. The van der Waals surface area contributed by atoms with Crippen LogP contribution in [0.3, 0.4) is 0 Å². The lowest BCUT2D eigenvalue weighted by Crippen LogP contribution is -2.34. The van der Waals surface area contributed by atoms with Gasteiger partial charge in [0, 0.05) is 38.5 Å². The number of carboxylic acids is 1. The number of ether oxygens (including phenoxy) is 2. The Morgan fingerprint density at radius 2 is 2.16 bits per heavy atom. The van der Waals surface area contributed by atoms with Gasteiger partial charge in [0.15, 0.2) is 0 Å². The second kappa shape index (κ2) is 12.7. The molecule has 38 heavy (non-hydrogen) atoms. The summed E-state index contributed by atoms with van der Waals surface area (Å²) in [5.41, 5.74) is 4.54. The first-order chi connectivity index (χ1) is 18.6. The lowest BCUT2D eigenvalue weighted by molar-refractivity contribution is -0.143. The minimum atomic E-state index is -0.876. The molecule has 2 unspecified atom stereocenters. The Morgan fingerprint density at radius 1 is 1.24 bits per heavy atom. The lowest BCUT2D eigenvalue weighted by Gasteiger charge is -2.30. The van der Waals surface area contributed by atoms with E-state index in [-0.39, 0.29) is 12.2 Å². The van der Waals surface area contributed by atoms with Crippen LogP contribution in [-0.4, -0.2) is 59.9 Å². The van der Waals surface area contributed by atoms with E-state index in [1.807, 2.05) is 17.0 Å². The third-order valence-electron chi connectivity index (χ3n) is 7.95. The first-order valence-corrected chi connectivity index (χ1v) is 14.1. The van der Waals surface area contributed by atoms with Crippen molar-refractivity contribution < 1.29 is 19.4 Å². The van der Waals surface area contributed by atoms with Gasteiger partial charge in [-0.3, -0.25) is 9.69 Å². The predicted molar refractivity (Wildman–Crippen MR) is 144 cm³/mol. The molecule has 0 spiro atoms. The van der Waals surface area contributed by atoms with Crippen LogP contribution < -0.4 is 5.32 Å². The zero-order valence-corrected chi connectivity index (χ0v) is 22.0. The molecule has 5 rings (SSSR count). The third-order valence-corrected chi connectivity index (χ3v) is 7.95. The Kier molecular flexibility index (Phi) is 8.90. The monoisotopic (exact) mass is 518 g/mol. The number of nitrogens with zero attached hydrogens (tertiary/aromatic N) is 3. The highest BCUT2D eigenvalue weighted by atomic mass is 16.5. The molecule has 1 aromatic carbocycles. The lowest BCUT2D eigenvalue weighted by atomic mass is 9.90. The number of benzene rings is 1. The van der Waals surface area contributed by atoms with Crippen molar-refractivity contribution in [3.63, 3.8) is 0 Å². The molecule has 0 bridgehead atoms. The number of rotatable bonds is 10. The fraction of sp³-hybridized carbons (Fsp3) is 0.567. The second-order valence-corrected chi connectivity index (χ2v) is 10.6. The summed E-state index contributed by atoms with van der Waals surface area (Å²) in [6, 6.07) is 11.1. The van der Waals surface area contributed by atoms with E-state index in [2.05, 4.69) is 23.5 Å². The number of aliphatic carboxylic acids is 1. The Morgan fingerprint density at radius 3 is 2.97 bits per heavy atom. The van der Waals surface area contributed by atoms with E-state index >= 15 is 0 Å². The summed E-state index contributed by atoms with van der Waals surface area (Å²) in [6.45, 7) is 3.58. The topological polar surface area (TPSA) is 108 Å². The number of nitriles is 1. The Hall–Kier alpha value is -2.99. The first kappa shape index (κ1) is 26.6. The highest BCUT2D eigenvalue weighted by Crippen LogP contribution is 2.37. The second-order valence-electron chi connectivity index (χ2n) is 10.6. The van der Waals surface area contributed by atoms with Gasteiger partial charge in [0.25, 0.3) is 0 Å². The third kappa shape index (κ3) is 6.35. The van der Waals surface area contributed by atoms with Crippen molar-refractivity contribution in [3.8, 4) is 6.07 Å². The van der Waals surface area contributed by atoms with Crippen LogP contribution >= 0.6 is 0 Å². The van der Waals surface area contributed by atoms with Crippen LogP contribution in [0.5, 0.6) is 0 Å². The van der Waals surface area contributed by atoms with Gasteiger partial charge in [-0.25, -0.2) is 4.98 Å². The first-order valence-electron chi connectivity index (χ1n) is 14.1. The van der Waals surface area contributed by atoms with Crippen LogP contribution in [0.25, 0.3) is 0 Å². The molecular weight excluding hydrogens is 480 g/mol. The molecule has 2 fully saturated rings. The van der Waals surface area contributed by atoms with Crippen LogP contribution in [0, 0.1) is 11.3 Å².